The number of aromatic nitrogens is 2. The average Bonchev–Trinajstić information content (AvgIpc) is 2.42. The number of nitrogens with zero attached hydrogens (tertiary/aromatic N) is 2. The Hall–Kier alpha value is -1.85. The van der Waals surface area contributed by atoms with Gasteiger partial charge in [-0.1, -0.05) is 17.7 Å². The van der Waals surface area contributed by atoms with Crippen molar-refractivity contribution in [1.82, 2.24) is 9.97 Å². The monoisotopic (exact) mass is 320 g/mol. The Morgan fingerprint density at radius 2 is 1.91 bits per heavy atom. The second kappa shape index (κ2) is 7.42. The minimum atomic E-state index is 0.570. The van der Waals surface area contributed by atoms with Crippen molar-refractivity contribution in [3.05, 3.63) is 40.0 Å². The van der Waals surface area contributed by atoms with E-state index in [1.54, 1.807) is 7.11 Å². The lowest BCUT2D eigenvalue weighted by Gasteiger charge is -2.13. The Balaban J connectivity index is 2.22. The molecule has 22 heavy (non-hydrogen) atoms. The fourth-order valence-corrected chi connectivity index (χ4v) is 2.55. The van der Waals surface area contributed by atoms with Crippen molar-refractivity contribution in [1.29, 1.82) is 0 Å². The second-order valence-electron chi connectivity index (χ2n) is 5.20. The molecule has 2 aromatic rings. The molecular formula is C16H21ClN4O. The van der Waals surface area contributed by atoms with Crippen molar-refractivity contribution in [2.75, 3.05) is 30.9 Å². The normalized spacial score (nSPS) is 10.6. The molecule has 1 aromatic heterocycles. The quantitative estimate of drug-likeness (QED) is 0.791. The van der Waals surface area contributed by atoms with Gasteiger partial charge < -0.3 is 15.4 Å². The van der Waals surface area contributed by atoms with Gasteiger partial charge in [-0.3, -0.25) is 0 Å². The summed E-state index contributed by atoms with van der Waals surface area (Å²) >= 11 is 6.33. The van der Waals surface area contributed by atoms with E-state index in [4.69, 9.17) is 16.3 Å². The molecule has 1 aromatic carbocycles. The zero-order valence-corrected chi connectivity index (χ0v) is 14.1. The Morgan fingerprint density at radius 1 is 1.14 bits per heavy atom. The fourth-order valence-electron chi connectivity index (χ4n) is 2.18. The number of rotatable bonds is 6. The Kier molecular flexibility index (Phi) is 5.57. The van der Waals surface area contributed by atoms with Gasteiger partial charge in [0.1, 0.15) is 5.82 Å². The smallest absolute Gasteiger partial charge is 0.224 e. The van der Waals surface area contributed by atoms with Gasteiger partial charge in [0.25, 0.3) is 0 Å². The van der Waals surface area contributed by atoms with Crippen molar-refractivity contribution < 1.29 is 4.74 Å². The summed E-state index contributed by atoms with van der Waals surface area (Å²) in [5, 5.41) is 7.10. The maximum atomic E-state index is 6.33. The Morgan fingerprint density at radius 3 is 2.59 bits per heavy atom. The number of ether oxygens (including phenoxy) is 1. The third-order valence-corrected chi connectivity index (χ3v) is 3.43. The molecule has 0 atom stereocenters. The summed E-state index contributed by atoms with van der Waals surface area (Å²) in [7, 11) is 1.66. The summed E-state index contributed by atoms with van der Waals surface area (Å²) in [4.78, 5) is 8.81. The zero-order chi connectivity index (χ0) is 16.1. The number of hydrogen-bond acceptors (Lipinski definition) is 5. The number of halogens is 1. The van der Waals surface area contributed by atoms with E-state index >= 15 is 0 Å². The fraction of sp³-hybridized carbons (Fsp3) is 0.375. The van der Waals surface area contributed by atoms with Crippen LogP contribution in [0.4, 0.5) is 17.5 Å². The van der Waals surface area contributed by atoms with Crippen molar-refractivity contribution >= 4 is 29.1 Å². The van der Waals surface area contributed by atoms with Gasteiger partial charge in [0.15, 0.2) is 0 Å². The highest BCUT2D eigenvalue weighted by Gasteiger charge is 2.08. The molecule has 2 N–H and O–H groups in total. The van der Waals surface area contributed by atoms with Crippen LogP contribution in [0, 0.1) is 20.8 Å². The summed E-state index contributed by atoms with van der Waals surface area (Å²) in [6.45, 7) is 7.23. The Bertz CT molecular complexity index is 638. The molecule has 0 aliphatic heterocycles. The molecule has 0 aliphatic rings. The van der Waals surface area contributed by atoms with Crippen LogP contribution in [0.5, 0.6) is 0 Å². The Labute approximate surface area is 136 Å². The molecule has 0 aliphatic carbocycles. The predicted octanol–water partition coefficient (Wildman–Crippen LogP) is 3.86. The van der Waals surface area contributed by atoms with E-state index in [-0.39, 0.29) is 0 Å². The minimum Gasteiger partial charge on any atom is -0.383 e. The molecule has 0 saturated heterocycles. The zero-order valence-electron chi connectivity index (χ0n) is 13.3. The van der Waals surface area contributed by atoms with Crippen LogP contribution in [0.15, 0.2) is 18.2 Å². The van der Waals surface area contributed by atoms with Gasteiger partial charge >= 0.3 is 0 Å². The molecule has 0 unspecified atom stereocenters. The van der Waals surface area contributed by atoms with Crippen LogP contribution in [0.1, 0.15) is 16.8 Å². The molecule has 5 nitrogen and oxygen atoms in total. The van der Waals surface area contributed by atoms with Crippen LogP contribution in [0.3, 0.4) is 0 Å². The number of anilines is 3. The van der Waals surface area contributed by atoms with Crippen molar-refractivity contribution in [2.24, 2.45) is 0 Å². The molecule has 0 fully saturated rings. The van der Waals surface area contributed by atoms with Gasteiger partial charge in [-0.15, -0.1) is 0 Å². The molecule has 1 heterocycles. The second-order valence-corrected chi connectivity index (χ2v) is 5.61. The van der Waals surface area contributed by atoms with E-state index in [1.807, 2.05) is 32.9 Å². The largest absolute Gasteiger partial charge is 0.383 e. The van der Waals surface area contributed by atoms with E-state index in [0.29, 0.717) is 29.9 Å². The van der Waals surface area contributed by atoms with Crippen LogP contribution in [-0.4, -0.2) is 30.2 Å². The molecule has 0 radical (unpaired) electrons. The van der Waals surface area contributed by atoms with Gasteiger partial charge in [-0.25, -0.2) is 4.98 Å². The topological polar surface area (TPSA) is 59.1 Å². The lowest BCUT2D eigenvalue weighted by molar-refractivity contribution is 0.210. The van der Waals surface area contributed by atoms with Gasteiger partial charge in [-0.2, -0.15) is 4.98 Å². The first kappa shape index (κ1) is 16.5. The van der Waals surface area contributed by atoms with Gasteiger partial charge in [0, 0.05) is 25.4 Å². The molecule has 0 amide bonds. The highest BCUT2D eigenvalue weighted by Crippen LogP contribution is 2.30. The SMILES string of the molecule is COCCNc1nc(C)cc(Nc2c(C)cc(C)cc2Cl)n1. The van der Waals surface area contributed by atoms with Gasteiger partial charge in [-0.05, 0) is 38.0 Å². The van der Waals surface area contributed by atoms with Gasteiger partial charge in [0.05, 0.1) is 17.3 Å². The van der Waals surface area contributed by atoms with Crippen LogP contribution >= 0.6 is 11.6 Å². The average molecular weight is 321 g/mol. The summed E-state index contributed by atoms with van der Waals surface area (Å²) in [5.41, 5.74) is 3.95. The van der Waals surface area contributed by atoms with Crippen LogP contribution in [0.2, 0.25) is 5.02 Å². The number of benzene rings is 1. The maximum Gasteiger partial charge on any atom is 0.224 e. The number of nitrogens with one attached hydrogen (secondary N) is 2. The minimum absolute atomic E-state index is 0.570. The molecule has 0 bridgehead atoms. The van der Waals surface area contributed by atoms with Crippen molar-refractivity contribution in [3.63, 3.8) is 0 Å². The standard InChI is InChI=1S/C16H21ClN4O/c1-10-7-11(2)15(13(17)8-10)20-14-9-12(3)19-16(21-14)18-5-6-22-4/h7-9H,5-6H2,1-4H3,(H2,18,19,20,21). The molecule has 6 heteroatoms. The number of methoxy groups -OCH3 is 1. The summed E-state index contributed by atoms with van der Waals surface area (Å²) in [5.74, 6) is 1.28. The number of hydrogen-bond donors (Lipinski definition) is 2. The molecule has 0 spiro atoms. The summed E-state index contributed by atoms with van der Waals surface area (Å²) < 4.78 is 5.01. The predicted molar refractivity (Wildman–Crippen MR) is 91.3 cm³/mol. The molecule has 118 valence electrons. The van der Waals surface area contributed by atoms with Crippen molar-refractivity contribution in [2.45, 2.75) is 20.8 Å². The first-order chi connectivity index (χ1) is 10.5. The first-order valence-electron chi connectivity index (χ1n) is 7.12. The van der Waals surface area contributed by atoms with Crippen LogP contribution in [0.25, 0.3) is 0 Å². The summed E-state index contributed by atoms with van der Waals surface area (Å²) in [6, 6.07) is 5.90. The number of aryl methyl sites for hydroxylation is 3. The molecule has 0 saturated carbocycles. The lowest BCUT2D eigenvalue weighted by Crippen LogP contribution is -2.11. The molecule has 2 rings (SSSR count). The highest BCUT2D eigenvalue weighted by atomic mass is 35.5. The van der Waals surface area contributed by atoms with E-state index in [1.165, 1.54) is 0 Å². The van der Waals surface area contributed by atoms with E-state index in [9.17, 15) is 0 Å². The lowest BCUT2D eigenvalue weighted by atomic mass is 10.1. The highest BCUT2D eigenvalue weighted by molar-refractivity contribution is 6.33. The third-order valence-electron chi connectivity index (χ3n) is 3.13. The van der Waals surface area contributed by atoms with E-state index in [0.717, 1.165) is 22.5 Å². The molecular weight excluding hydrogens is 300 g/mol. The maximum absolute atomic E-state index is 6.33. The third kappa shape index (κ3) is 4.32. The van der Waals surface area contributed by atoms with Crippen LogP contribution < -0.4 is 10.6 Å². The summed E-state index contributed by atoms with van der Waals surface area (Å²) in [6.07, 6.45) is 0. The van der Waals surface area contributed by atoms with Crippen LogP contribution in [-0.2, 0) is 4.74 Å². The van der Waals surface area contributed by atoms with E-state index in [2.05, 4.69) is 26.7 Å². The first-order valence-corrected chi connectivity index (χ1v) is 7.49. The van der Waals surface area contributed by atoms with Gasteiger partial charge in [0.2, 0.25) is 5.95 Å². The van der Waals surface area contributed by atoms with E-state index < -0.39 is 0 Å². The van der Waals surface area contributed by atoms with Crippen molar-refractivity contribution in [3.8, 4) is 0 Å².